The molecule has 1 aromatic rings. The van der Waals surface area contributed by atoms with Gasteiger partial charge in [-0.3, -0.25) is 0 Å². The number of hydrogen-bond donors (Lipinski definition) is 1. The van der Waals surface area contributed by atoms with E-state index in [1.165, 1.54) is 19.2 Å². The molecule has 4 nitrogen and oxygen atoms in total. The molecule has 1 aromatic carbocycles. The molecular formula is C13H20Cl3FN2O2S. The van der Waals surface area contributed by atoms with Gasteiger partial charge in [0.15, 0.2) is 5.82 Å². The average molecular weight is 394 g/mol. The summed E-state index contributed by atoms with van der Waals surface area (Å²) in [6.07, 6.45) is 0.501. The number of halogens is 4. The lowest BCUT2D eigenvalue weighted by molar-refractivity contribution is 0.397. The summed E-state index contributed by atoms with van der Waals surface area (Å²) in [4.78, 5) is -0.299. The molecule has 0 spiro atoms. The topological polar surface area (TPSA) is 63.4 Å². The Morgan fingerprint density at radius 1 is 1.32 bits per heavy atom. The first kappa shape index (κ1) is 21.9. The van der Waals surface area contributed by atoms with Crippen LogP contribution in [0.2, 0.25) is 10.0 Å². The summed E-state index contributed by atoms with van der Waals surface area (Å²) < 4.78 is 39.5. The number of rotatable bonds is 6. The minimum atomic E-state index is -3.88. The van der Waals surface area contributed by atoms with E-state index in [9.17, 15) is 12.8 Å². The van der Waals surface area contributed by atoms with E-state index >= 15 is 0 Å². The lowest BCUT2D eigenvalue weighted by Crippen LogP contribution is -2.34. The zero-order valence-corrected chi connectivity index (χ0v) is 15.7. The second-order valence-electron chi connectivity index (χ2n) is 5.20. The highest BCUT2D eigenvalue weighted by Gasteiger charge is 2.26. The molecule has 0 saturated carbocycles. The standard InChI is InChI=1S/C13H19Cl2FN2O2S.ClH/c1-8(2)10(17)6-7-18(3)21(19,20)11-5-4-9(14)13(16)12(11)15;/h4-5,8,10H,6-7,17H2,1-3H3;1H. The Labute approximate surface area is 147 Å². The number of nitrogens with zero attached hydrogens (tertiary/aromatic N) is 1. The lowest BCUT2D eigenvalue weighted by Gasteiger charge is -2.21. The minimum absolute atomic E-state index is 0. The Morgan fingerprint density at radius 3 is 2.36 bits per heavy atom. The third kappa shape index (κ3) is 4.94. The monoisotopic (exact) mass is 392 g/mol. The van der Waals surface area contributed by atoms with Crippen LogP contribution in [0.1, 0.15) is 20.3 Å². The Bertz CT molecular complexity index is 612. The highest BCUT2D eigenvalue weighted by molar-refractivity contribution is 7.89. The van der Waals surface area contributed by atoms with Gasteiger partial charge in [-0.05, 0) is 24.5 Å². The summed E-state index contributed by atoms with van der Waals surface area (Å²) in [6, 6.07) is 2.26. The Balaban J connectivity index is 0.00000441. The van der Waals surface area contributed by atoms with Crippen molar-refractivity contribution in [1.82, 2.24) is 4.31 Å². The van der Waals surface area contributed by atoms with Crippen molar-refractivity contribution in [3.05, 3.63) is 28.0 Å². The smallest absolute Gasteiger partial charge is 0.244 e. The number of benzene rings is 1. The van der Waals surface area contributed by atoms with Crippen LogP contribution in [0.25, 0.3) is 0 Å². The molecule has 0 saturated heterocycles. The van der Waals surface area contributed by atoms with Crippen molar-refractivity contribution in [3.8, 4) is 0 Å². The van der Waals surface area contributed by atoms with Gasteiger partial charge in [0.25, 0.3) is 0 Å². The van der Waals surface area contributed by atoms with Crippen molar-refractivity contribution < 1.29 is 12.8 Å². The normalized spacial score (nSPS) is 13.3. The minimum Gasteiger partial charge on any atom is -0.327 e. The molecule has 0 aromatic heterocycles. The fourth-order valence-corrected chi connectivity index (χ4v) is 3.56. The molecule has 0 bridgehead atoms. The van der Waals surface area contributed by atoms with Crippen molar-refractivity contribution in [2.75, 3.05) is 13.6 Å². The van der Waals surface area contributed by atoms with Gasteiger partial charge < -0.3 is 5.73 Å². The van der Waals surface area contributed by atoms with E-state index in [1.807, 2.05) is 13.8 Å². The third-order valence-electron chi connectivity index (χ3n) is 3.32. The van der Waals surface area contributed by atoms with Crippen LogP contribution < -0.4 is 5.73 Å². The van der Waals surface area contributed by atoms with Gasteiger partial charge in [0.05, 0.1) is 10.0 Å². The van der Waals surface area contributed by atoms with Crippen LogP contribution in [0.4, 0.5) is 4.39 Å². The van der Waals surface area contributed by atoms with Crippen LogP contribution in [0.15, 0.2) is 17.0 Å². The molecule has 1 rings (SSSR count). The summed E-state index contributed by atoms with van der Waals surface area (Å²) >= 11 is 11.3. The summed E-state index contributed by atoms with van der Waals surface area (Å²) in [5, 5.41) is -0.717. The molecule has 0 aliphatic rings. The summed E-state index contributed by atoms with van der Waals surface area (Å²) in [7, 11) is -2.48. The van der Waals surface area contributed by atoms with Crippen molar-refractivity contribution in [1.29, 1.82) is 0 Å². The maximum Gasteiger partial charge on any atom is 0.244 e. The van der Waals surface area contributed by atoms with Crippen LogP contribution in [0.5, 0.6) is 0 Å². The van der Waals surface area contributed by atoms with Crippen LogP contribution in [0, 0.1) is 11.7 Å². The van der Waals surface area contributed by atoms with E-state index in [-0.39, 0.29) is 40.8 Å². The number of nitrogens with two attached hydrogens (primary N) is 1. The molecule has 9 heteroatoms. The first-order chi connectivity index (χ1) is 9.59. The van der Waals surface area contributed by atoms with Gasteiger partial charge in [0, 0.05) is 19.6 Å². The zero-order valence-electron chi connectivity index (χ0n) is 12.5. The van der Waals surface area contributed by atoms with Gasteiger partial charge >= 0.3 is 0 Å². The van der Waals surface area contributed by atoms with Crippen LogP contribution in [-0.4, -0.2) is 32.4 Å². The van der Waals surface area contributed by atoms with E-state index in [2.05, 4.69) is 0 Å². The van der Waals surface area contributed by atoms with Crippen LogP contribution >= 0.6 is 35.6 Å². The fraction of sp³-hybridized carbons (Fsp3) is 0.538. The van der Waals surface area contributed by atoms with Gasteiger partial charge in [-0.15, -0.1) is 12.4 Å². The molecule has 1 atom stereocenters. The Hall–Kier alpha value is -0.110. The SMILES string of the molecule is CC(C)C(N)CCN(C)S(=O)(=O)c1ccc(Cl)c(F)c1Cl.Cl. The van der Waals surface area contributed by atoms with Crippen molar-refractivity contribution in [2.45, 2.75) is 31.2 Å². The van der Waals surface area contributed by atoms with Gasteiger partial charge in [0.2, 0.25) is 10.0 Å². The van der Waals surface area contributed by atoms with Crippen LogP contribution in [0.3, 0.4) is 0 Å². The quantitative estimate of drug-likeness (QED) is 0.752. The molecule has 0 aliphatic carbocycles. The fourth-order valence-electron chi connectivity index (χ4n) is 1.66. The largest absolute Gasteiger partial charge is 0.327 e. The summed E-state index contributed by atoms with van der Waals surface area (Å²) in [5.74, 6) is -0.690. The second-order valence-corrected chi connectivity index (χ2v) is 8.00. The number of hydrogen-bond acceptors (Lipinski definition) is 3. The maximum atomic E-state index is 13.6. The molecule has 0 amide bonds. The molecular weight excluding hydrogens is 374 g/mol. The number of sulfonamides is 1. The predicted octanol–water partition coefficient (Wildman–Crippen LogP) is 3.55. The first-order valence-electron chi connectivity index (χ1n) is 6.44. The van der Waals surface area contributed by atoms with Gasteiger partial charge in [-0.1, -0.05) is 37.0 Å². The van der Waals surface area contributed by atoms with Crippen molar-refractivity contribution in [3.63, 3.8) is 0 Å². The maximum absolute atomic E-state index is 13.6. The van der Waals surface area contributed by atoms with Gasteiger partial charge in [0.1, 0.15) is 4.90 Å². The predicted molar refractivity (Wildman–Crippen MR) is 90.9 cm³/mol. The molecule has 0 aliphatic heterocycles. The van der Waals surface area contributed by atoms with Crippen molar-refractivity contribution >= 4 is 45.6 Å². The molecule has 0 fully saturated rings. The van der Waals surface area contributed by atoms with Crippen molar-refractivity contribution in [2.24, 2.45) is 11.7 Å². The van der Waals surface area contributed by atoms with Gasteiger partial charge in [-0.2, -0.15) is 0 Å². The highest BCUT2D eigenvalue weighted by Crippen LogP contribution is 2.31. The molecule has 0 radical (unpaired) electrons. The molecule has 1 unspecified atom stereocenters. The molecule has 22 heavy (non-hydrogen) atoms. The van der Waals surface area contributed by atoms with E-state index in [0.29, 0.717) is 6.42 Å². The van der Waals surface area contributed by atoms with E-state index in [1.54, 1.807) is 0 Å². The summed E-state index contributed by atoms with van der Waals surface area (Å²) in [5.41, 5.74) is 5.90. The van der Waals surface area contributed by atoms with E-state index < -0.39 is 20.9 Å². The summed E-state index contributed by atoms with van der Waals surface area (Å²) in [6.45, 7) is 4.15. The third-order valence-corrected chi connectivity index (χ3v) is 5.99. The Morgan fingerprint density at radius 2 is 1.86 bits per heavy atom. The first-order valence-corrected chi connectivity index (χ1v) is 8.64. The molecule has 2 N–H and O–H groups in total. The Kier molecular flexibility index (Phi) is 8.62. The second kappa shape index (κ2) is 8.66. The zero-order chi connectivity index (χ0) is 16.4. The highest BCUT2D eigenvalue weighted by atomic mass is 35.5. The van der Waals surface area contributed by atoms with E-state index in [4.69, 9.17) is 28.9 Å². The average Bonchev–Trinajstić information content (AvgIpc) is 2.41. The molecule has 0 heterocycles. The lowest BCUT2D eigenvalue weighted by atomic mass is 10.0. The van der Waals surface area contributed by atoms with E-state index in [0.717, 1.165) is 4.31 Å². The van der Waals surface area contributed by atoms with Gasteiger partial charge in [-0.25, -0.2) is 17.1 Å². The molecule has 128 valence electrons. The van der Waals surface area contributed by atoms with Crippen LogP contribution in [-0.2, 0) is 10.0 Å².